The largest absolute Gasteiger partial charge is 0.453 e. The average molecular weight is 374 g/mol. The van der Waals surface area contributed by atoms with Gasteiger partial charge in [0.05, 0.1) is 5.41 Å². The molecule has 0 aliphatic heterocycles. The normalized spacial score (nSPS) is 13.4. The Kier molecular flexibility index (Phi) is 5.58. The molecule has 0 radical (unpaired) electrons. The van der Waals surface area contributed by atoms with Gasteiger partial charge in [-0.25, -0.2) is 0 Å². The summed E-state index contributed by atoms with van der Waals surface area (Å²) in [6.07, 6.45) is 0. The molecule has 3 heteroatoms. The van der Waals surface area contributed by atoms with Gasteiger partial charge in [0.25, 0.3) is 0 Å². The molecule has 0 spiro atoms. The summed E-state index contributed by atoms with van der Waals surface area (Å²) in [6.45, 7) is 3.38. The van der Waals surface area contributed by atoms with Crippen LogP contribution in [0.25, 0.3) is 0 Å². The molecule has 0 saturated heterocycles. The molecule has 1 atom stereocenters. The van der Waals surface area contributed by atoms with E-state index in [1.54, 1.807) is 5.80 Å². The van der Waals surface area contributed by atoms with E-state index in [2.05, 4.69) is 45.3 Å². The number of carbonyl (C=O) groups is 1. The van der Waals surface area contributed by atoms with Crippen LogP contribution in [-0.2, 0) is 14.9 Å². The van der Waals surface area contributed by atoms with E-state index in [4.69, 9.17) is 4.74 Å². The van der Waals surface area contributed by atoms with Crippen LogP contribution < -0.4 is 0 Å². The SMILES string of the molecule is CC(=O)OC(C)(C=P)C(c1ccccc1)(c1ccccc1)c1ccccc1. The van der Waals surface area contributed by atoms with E-state index < -0.39 is 11.0 Å². The van der Waals surface area contributed by atoms with Crippen LogP contribution in [0.4, 0.5) is 0 Å². The van der Waals surface area contributed by atoms with Crippen LogP contribution in [0.3, 0.4) is 0 Å². The lowest BCUT2D eigenvalue weighted by Gasteiger charge is -2.47. The Morgan fingerprint density at radius 2 is 1.11 bits per heavy atom. The number of hydrogen-bond acceptors (Lipinski definition) is 2. The molecule has 0 fully saturated rings. The van der Waals surface area contributed by atoms with Crippen LogP contribution in [0.5, 0.6) is 0 Å². The molecule has 3 rings (SSSR count). The summed E-state index contributed by atoms with van der Waals surface area (Å²) in [4.78, 5) is 12.1. The third-order valence-electron chi connectivity index (χ3n) is 5.00. The van der Waals surface area contributed by atoms with E-state index in [9.17, 15) is 4.79 Å². The molecule has 136 valence electrons. The summed E-state index contributed by atoms with van der Waals surface area (Å²) >= 11 is 0. The van der Waals surface area contributed by atoms with E-state index in [1.807, 2.05) is 61.5 Å². The molecule has 0 N–H and O–H groups in total. The zero-order valence-electron chi connectivity index (χ0n) is 15.6. The molecule has 3 aromatic carbocycles. The molecule has 0 amide bonds. The van der Waals surface area contributed by atoms with E-state index in [0.29, 0.717) is 0 Å². The molecule has 0 saturated carbocycles. The van der Waals surface area contributed by atoms with Gasteiger partial charge in [0.1, 0.15) is 5.60 Å². The quantitative estimate of drug-likeness (QED) is 0.333. The summed E-state index contributed by atoms with van der Waals surface area (Å²) in [5.41, 5.74) is 1.42. The highest BCUT2D eigenvalue weighted by Crippen LogP contribution is 2.48. The minimum absolute atomic E-state index is 0.334. The molecule has 0 bridgehead atoms. The van der Waals surface area contributed by atoms with Gasteiger partial charge in [-0.3, -0.25) is 4.79 Å². The monoisotopic (exact) mass is 374 g/mol. The standard InChI is InChI=1S/C24H23O2P/c1-19(25)26-23(2,18-27)24(20-12-6-3-7-13-20,21-14-8-4-9-15-21)22-16-10-5-11-17-22/h3-18,27H,1-2H3. The predicted octanol–water partition coefficient (Wildman–Crippen LogP) is 5.29. The van der Waals surface area contributed by atoms with Crippen LogP contribution >= 0.6 is 8.86 Å². The van der Waals surface area contributed by atoms with Gasteiger partial charge in [0.2, 0.25) is 0 Å². The number of benzene rings is 3. The highest BCUT2D eigenvalue weighted by molar-refractivity contribution is 7.18. The van der Waals surface area contributed by atoms with Crippen molar-refractivity contribution in [1.82, 2.24) is 0 Å². The smallest absolute Gasteiger partial charge is 0.303 e. The van der Waals surface area contributed by atoms with E-state index >= 15 is 0 Å². The lowest BCUT2D eigenvalue weighted by atomic mass is 9.60. The summed E-state index contributed by atoms with van der Waals surface area (Å²) in [5, 5.41) is 0. The van der Waals surface area contributed by atoms with Crippen LogP contribution in [0.15, 0.2) is 91.0 Å². The Balaban J connectivity index is 2.47. The highest BCUT2D eigenvalue weighted by Gasteiger charge is 2.53. The molecule has 0 aliphatic carbocycles. The van der Waals surface area contributed by atoms with E-state index in [0.717, 1.165) is 16.7 Å². The molecule has 0 aliphatic rings. The minimum Gasteiger partial charge on any atom is -0.453 e. The molecule has 2 nitrogen and oxygen atoms in total. The Hall–Kier alpha value is -2.70. The molecular weight excluding hydrogens is 351 g/mol. The van der Waals surface area contributed by atoms with Gasteiger partial charge >= 0.3 is 5.97 Å². The van der Waals surface area contributed by atoms with Crippen molar-refractivity contribution in [3.05, 3.63) is 108 Å². The second kappa shape index (κ2) is 7.90. The number of rotatable bonds is 6. The summed E-state index contributed by atoms with van der Waals surface area (Å²) in [5.74, 6) is 1.46. The van der Waals surface area contributed by atoms with Gasteiger partial charge in [-0.1, -0.05) is 91.0 Å². The van der Waals surface area contributed by atoms with Crippen molar-refractivity contribution >= 4 is 20.6 Å². The first-order valence-electron chi connectivity index (χ1n) is 8.92. The van der Waals surface area contributed by atoms with Gasteiger partial charge in [-0.2, -0.15) is 0 Å². The molecule has 0 aromatic heterocycles. The van der Waals surface area contributed by atoms with Crippen LogP contribution in [0, 0.1) is 0 Å². The Morgan fingerprint density at radius 3 is 1.37 bits per heavy atom. The average Bonchev–Trinajstić information content (AvgIpc) is 2.70. The van der Waals surface area contributed by atoms with Crippen molar-refractivity contribution in [1.29, 1.82) is 0 Å². The molecular formula is C24H23O2P. The maximum atomic E-state index is 12.1. The van der Waals surface area contributed by atoms with Crippen LogP contribution in [0.1, 0.15) is 30.5 Å². The van der Waals surface area contributed by atoms with Gasteiger partial charge in [-0.05, 0) is 29.4 Å². The third kappa shape index (κ3) is 3.34. The van der Waals surface area contributed by atoms with Crippen molar-refractivity contribution in [3.8, 4) is 0 Å². The summed E-state index contributed by atoms with van der Waals surface area (Å²) in [6, 6.07) is 30.5. The molecule has 1 unspecified atom stereocenters. The number of ether oxygens (including phenoxy) is 1. The minimum atomic E-state index is -0.972. The number of hydrogen-bond donors (Lipinski definition) is 0. The maximum absolute atomic E-state index is 12.1. The molecule has 0 heterocycles. The Labute approximate surface area is 163 Å². The predicted molar refractivity (Wildman–Crippen MR) is 114 cm³/mol. The van der Waals surface area contributed by atoms with Crippen molar-refractivity contribution in [2.24, 2.45) is 0 Å². The van der Waals surface area contributed by atoms with Crippen molar-refractivity contribution in [2.75, 3.05) is 0 Å². The first-order chi connectivity index (χ1) is 13.0. The zero-order chi connectivity index (χ0) is 19.3. The van der Waals surface area contributed by atoms with Gasteiger partial charge in [0, 0.05) is 6.92 Å². The van der Waals surface area contributed by atoms with Gasteiger partial charge < -0.3 is 4.74 Å². The van der Waals surface area contributed by atoms with Crippen molar-refractivity contribution in [2.45, 2.75) is 24.9 Å². The van der Waals surface area contributed by atoms with Crippen LogP contribution in [0.2, 0.25) is 0 Å². The summed E-state index contributed by atoms with van der Waals surface area (Å²) < 4.78 is 5.97. The summed E-state index contributed by atoms with van der Waals surface area (Å²) in [7, 11) is 3.58. The van der Waals surface area contributed by atoms with Gasteiger partial charge in [0.15, 0.2) is 0 Å². The lowest BCUT2D eigenvalue weighted by Crippen LogP contribution is -2.54. The highest BCUT2D eigenvalue weighted by atomic mass is 31.0. The third-order valence-corrected chi connectivity index (χ3v) is 5.55. The molecule has 27 heavy (non-hydrogen) atoms. The van der Waals surface area contributed by atoms with E-state index in [-0.39, 0.29) is 5.97 Å². The van der Waals surface area contributed by atoms with Crippen molar-refractivity contribution in [3.63, 3.8) is 0 Å². The van der Waals surface area contributed by atoms with Gasteiger partial charge in [-0.15, -0.1) is 8.86 Å². The number of carbonyl (C=O) groups excluding carboxylic acids is 1. The van der Waals surface area contributed by atoms with Crippen molar-refractivity contribution < 1.29 is 9.53 Å². The second-order valence-electron chi connectivity index (χ2n) is 6.69. The fraction of sp³-hybridized carbons (Fsp3) is 0.167. The first-order valence-corrected chi connectivity index (χ1v) is 9.50. The Morgan fingerprint density at radius 1 is 0.778 bits per heavy atom. The maximum Gasteiger partial charge on any atom is 0.303 e. The van der Waals surface area contributed by atoms with E-state index in [1.165, 1.54) is 6.92 Å². The Bertz CT molecular complexity index is 810. The van der Waals surface area contributed by atoms with Crippen LogP contribution in [-0.4, -0.2) is 17.4 Å². The topological polar surface area (TPSA) is 26.3 Å². The lowest BCUT2D eigenvalue weighted by molar-refractivity contribution is -0.151. The fourth-order valence-corrected chi connectivity index (χ4v) is 4.21. The molecule has 3 aromatic rings. The zero-order valence-corrected chi connectivity index (χ0v) is 16.6. The fourth-order valence-electron chi connectivity index (χ4n) is 3.94. The number of esters is 1. The second-order valence-corrected chi connectivity index (χ2v) is 6.98. The first kappa shape index (κ1) is 19.1.